The lowest BCUT2D eigenvalue weighted by Gasteiger charge is -2.13. The van der Waals surface area contributed by atoms with E-state index < -0.39 is 27.1 Å². The van der Waals surface area contributed by atoms with Crippen LogP contribution in [0.4, 0.5) is 5.69 Å². The highest BCUT2D eigenvalue weighted by atomic mass is 35.5. The average molecular weight is 498 g/mol. The number of anilines is 1. The summed E-state index contributed by atoms with van der Waals surface area (Å²) in [6.45, 7) is 3.66. The Balaban J connectivity index is 1.78. The normalized spacial score (nSPS) is 17.7. The van der Waals surface area contributed by atoms with E-state index in [-0.39, 0.29) is 23.0 Å². The van der Waals surface area contributed by atoms with E-state index in [4.69, 9.17) is 23.2 Å². The van der Waals surface area contributed by atoms with Crippen LogP contribution in [-0.4, -0.2) is 42.1 Å². The van der Waals surface area contributed by atoms with Gasteiger partial charge in [0.25, 0.3) is 10.0 Å². The Hall–Kier alpha value is -2.33. The third-order valence-electron chi connectivity index (χ3n) is 4.14. The SMILES string of the molecule is C=CCN1C(=O)C(CC(=O)Nc2ccc(Cl)cc2)SC1=NS(=O)(=O)c1ccc(Cl)cc1. The quantitative estimate of drug-likeness (QED) is 0.578. The molecule has 31 heavy (non-hydrogen) atoms. The number of hydrogen-bond donors (Lipinski definition) is 1. The lowest BCUT2D eigenvalue weighted by Crippen LogP contribution is -2.33. The monoisotopic (exact) mass is 497 g/mol. The predicted octanol–water partition coefficient (Wildman–Crippen LogP) is 4.20. The summed E-state index contributed by atoms with van der Waals surface area (Å²) in [4.78, 5) is 26.3. The summed E-state index contributed by atoms with van der Waals surface area (Å²) in [6, 6.07) is 12.1. The number of hydrogen-bond acceptors (Lipinski definition) is 5. The fourth-order valence-electron chi connectivity index (χ4n) is 2.68. The summed E-state index contributed by atoms with van der Waals surface area (Å²) < 4.78 is 29.1. The second kappa shape index (κ2) is 9.86. The van der Waals surface area contributed by atoms with Crippen LogP contribution in [0.5, 0.6) is 0 Å². The molecule has 162 valence electrons. The van der Waals surface area contributed by atoms with Crippen LogP contribution in [0.1, 0.15) is 6.42 Å². The minimum atomic E-state index is -4.07. The second-order valence-electron chi connectivity index (χ2n) is 6.41. The van der Waals surface area contributed by atoms with Crippen LogP contribution < -0.4 is 5.32 Å². The maximum absolute atomic E-state index is 12.8. The minimum Gasteiger partial charge on any atom is -0.326 e. The number of amidine groups is 1. The molecule has 0 aromatic heterocycles. The summed E-state index contributed by atoms with van der Waals surface area (Å²) in [5.74, 6) is -0.810. The van der Waals surface area contributed by atoms with Gasteiger partial charge in [0.2, 0.25) is 11.8 Å². The molecular formula is C20H17Cl2N3O4S2. The van der Waals surface area contributed by atoms with Crippen molar-refractivity contribution in [3.8, 4) is 0 Å². The molecule has 1 aliphatic heterocycles. The van der Waals surface area contributed by atoms with E-state index in [0.29, 0.717) is 15.7 Å². The van der Waals surface area contributed by atoms with Crippen molar-refractivity contribution in [2.75, 3.05) is 11.9 Å². The van der Waals surface area contributed by atoms with E-state index in [2.05, 4.69) is 16.3 Å². The van der Waals surface area contributed by atoms with E-state index in [1.807, 2.05) is 0 Å². The number of carbonyl (C=O) groups excluding carboxylic acids is 2. The topological polar surface area (TPSA) is 95.9 Å². The summed E-state index contributed by atoms with van der Waals surface area (Å²) in [5, 5.41) is 2.78. The number of carbonyl (C=O) groups is 2. The molecule has 11 heteroatoms. The first-order valence-electron chi connectivity index (χ1n) is 8.94. The largest absolute Gasteiger partial charge is 0.326 e. The van der Waals surface area contributed by atoms with Crippen molar-refractivity contribution in [3.63, 3.8) is 0 Å². The van der Waals surface area contributed by atoms with Crippen LogP contribution in [0.2, 0.25) is 10.0 Å². The summed E-state index contributed by atoms with van der Waals surface area (Å²) in [5.41, 5.74) is 0.534. The third kappa shape index (κ3) is 5.88. The van der Waals surface area contributed by atoms with Crippen molar-refractivity contribution in [2.24, 2.45) is 4.40 Å². The number of rotatable bonds is 7. The Labute approximate surface area is 194 Å². The molecule has 1 aliphatic rings. The molecule has 2 aromatic rings. The maximum Gasteiger partial charge on any atom is 0.284 e. The molecular weight excluding hydrogens is 481 g/mol. The van der Waals surface area contributed by atoms with Gasteiger partial charge in [-0.25, -0.2) is 0 Å². The summed E-state index contributed by atoms with van der Waals surface area (Å²) in [7, 11) is -4.07. The third-order valence-corrected chi connectivity index (χ3v) is 7.22. The van der Waals surface area contributed by atoms with Crippen molar-refractivity contribution in [2.45, 2.75) is 16.6 Å². The van der Waals surface area contributed by atoms with Crippen LogP contribution in [0.3, 0.4) is 0 Å². The van der Waals surface area contributed by atoms with E-state index in [1.54, 1.807) is 24.3 Å². The molecule has 2 amide bonds. The molecule has 1 heterocycles. The lowest BCUT2D eigenvalue weighted by atomic mass is 10.2. The maximum atomic E-state index is 12.8. The summed E-state index contributed by atoms with van der Waals surface area (Å²) >= 11 is 12.6. The average Bonchev–Trinajstić information content (AvgIpc) is 2.98. The van der Waals surface area contributed by atoms with E-state index in [1.165, 1.54) is 35.2 Å². The number of thioether (sulfide) groups is 1. The molecule has 1 saturated heterocycles. The van der Waals surface area contributed by atoms with Gasteiger partial charge in [-0.15, -0.1) is 11.0 Å². The Morgan fingerprint density at radius 1 is 1.13 bits per heavy atom. The molecule has 0 radical (unpaired) electrons. The van der Waals surface area contributed by atoms with Gasteiger partial charge in [-0.05, 0) is 48.5 Å². The summed E-state index contributed by atoms with van der Waals surface area (Å²) in [6.07, 6.45) is 1.30. The zero-order valence-corrected chi connectivity index (χ0v) is 19.1. The van der Waals surface area contributed by atoms with E-state index >= 15 is 0 Å². The lowest BCUT2D eigenvalue weighted by molar-refractivity contribution is -0.127. The predicted molar refractivity (Wildman–Crippen MR) is 124 cm³/mol. The molecule has 0 spiro atoms. The zero-order valence-electron chi connectivity index (χ0n) is 16.0. The van der Waals surface area contributed by atoms with Gasteiger partial charge in [0.15, 0.2) is 5.17 Å². The van der Waals surface area contributed by atoms with Crippen molar-refractivity contribution in [1.29, 1.82) is 0 Å². The molecule has 1 atom stereocenters. The fraction of sp³-hybridized carbons (Fsp3) is 0.150. The van der Waals surface area contributed by atoms with Gasteiger partial charge in [0.1, 0.15) is 5.25 Å². The Kier molecular flexibility index (Phi) is 7.42. The Bertz CT molecular complexity index is 1130. The highest BCUT2D eigenvalue weighted by molar-refractivity contribution is 8.16. The molecule has 1 fully saturated rings. The molecule has 1 N–H and O–H groups in total. The first-order chi connectivity index (χ1) is 14.7. The number of nitrogens with one attached hydrogen (secondary N) is 1. The number of halogens is 2. The fourth-order valence-corrected chi connectivity index (χ4v) is 5.30. The van der Waals surface area contributed by atoms with Crippen molar-refractivity contribution in [1.82, 2.24) is 4.90 Å². The molecule has 1 unspecified atom stereocenters. The van der Waals surface area contributed by atoms with Crippen LogP contribution in [0.15, 0.2) is 70.5 Å². The number of nitrogens with zero attached hydrogens (tertiary/aromatic N) is 2. The highest BCUT2D eigenvalue weighted by Crippen LogP contribution is 2.31. The molecule has 0 saturated carbocycles. The van der Waals surface area contributed by atoms with Crippen molar-refractivity contribution < 1.29 is 18.0 Å². The van der Waals surface area contributed by atoms with Gasteiger partial charge in [-0.3, -0.25) is 14.5 Å². The number of sulfonamides is 1. The molecule has 7 nitrogen and oxygen atoms in total. The molecule has 2 aromatic carbocycles. The van der Waals surface area contributed by atoms with Crippen LogP contribution in [0.25, 0.3) is 0 Å². The van der Waals surface area contributed by atoms with Gasteiger partial charge >= 0.3 is 0 Å². The van der Waals surface area contributed by atoms with E-state index in [9.17, 15) is 18.0 Å². The molecule has 3 rings (SSSR count). The van der Waals surface area contributed by atoms with Gasteiger partial charge in [0, 0.05) is 28.7 Å². The Morgan fingerprint density at radius 3 is 2.29 bits per heavy atom. The van der Waals surface area contributed by atoms with Gasteiger partial charge in [-0.2, -0.15) is 8.42 Å². The first kappa shape index (κ1) is 23.3. The number of benzene rings is 2. The van der Waals surface area contributed by atoms with Crippen LogP contribution in [0, 0.1) is 0 Å². The standard InChI is InChI=1S/C20H17Cl2N3O4S2/c1-2-11-25-19(27)17(12-18(26)23-15-7-3-13(21)4-8-15)30-20(25)24-31(28,29)16-9-5-14(22)6-10-16/h2-10,17H,1,11-12H2,(H,23,26). The van der Waals surface area contributed by atoms with Crippen molar-refractivity contribution >= 4 is 67.7 Å². The van der Waals surface area contributed by atoms with Gasteiger partial charge < -0.3 is 5.32 Å². The first-order valence-corrected chi connectivity index (χ1v) is 12.0. The van der Waals surface area contributed by atoms with Crippen LogP contribution in [-0.2, 0) is 19.6 Å². The zero-order chi connectivity index (χ0) is 22.6. The molecule has 0 bridgehead atoms. The van der Waals surface area contributed by atoms with Gasteiger partial charge in [-0.1, -0.05) is 41.0 Å². The molecule has 0 aliphatic carbocycles. The minimum absolute atomic E-state index is 0.0101. The second-order valence-corrected chi connectivity index (χ2v) is 10.1. The number of amides is 2. The smallest absolute Gasteiger partial charge is 0.284 e. The Morgan fingerprint density at radius 2 is 1.71 bits per heavy atom. The van der Waals surface area contributed by atoms with Gasteiger partial charge in [0.05, 0.1) is 4.90 Å². The van der Waals surface area contributed by atoms with E-state index in [0.717, 1.165) is 11.8 Å². The highest BCUT2D eigenvalue weighted by Gasteiger charge is 2.39. The van der Waals surface area contributed by atoms with Crippen LogP contribution >= 0.6 is 35.0 Å². The van der Waals surface area contributed by atoms with Crippen molar-refractivity contribution in [3.05, 3.63) is 71.2 Å².